The smallest absolute Gasteiger partial charge is 0.264 e. The van der Waals surface area contributed by atoms with Crippen molar-refractivity contribution < 1.29 is 14.6 Å². The van der Waals surface area contributed by atoms with Crippen molar-refractivity contribution in [2.75, 3.05) is 7.11 Å². The van der Waals surface area contributed by atoms with E-state index in [9.17, 15) is 9.90 Å². The Morgan fingerprint density at radius 3 is 2.82 bits per heavy atom. The van der Waals surface area contributed by atoms with Gasteiger partial charge in [0.1, 0.15) is 0 Å². The topological polar surface area (TPSA) is 70.9 Å². The molecule has 0 aromatic heterocycles. The summed E-state index contributed by atoms with van der Waals surface area (Å²) in [5.74, 6) is 0.196. The van der Waals surface area contributed by atoms with Gasteiger partial charge >= 0.3 is 0 Å². The first-order valence-corrected chi connectivity index (χ1v) is 9.67. The third-order valence-electron chi connectivity index (χ3n) is 4.09. The van der Waals surface area contributed by atoms with E-state index in [-0.39, 0.29) is 11.7 Å². The van der Waals surface area contributed by atoms with Gasteiger partial charge < -0.3 is 15.2 Å². The van der Waals surface area contributed by atoms with Gasteiger partial charge in [-0.25, -0.2) is 4.99 Å². The molecule has 0 saturated carbocycles. The van der Waals surface area contributed by atoms with E-state index >= 15 is 0 Å². The lowest BCUT2D eigenvalue weighted by Gasteiger charge is -2.09. The van der Waals surface area contributed by atoms with E-state index < -0.39 is 0 Å². The first kappa shape index (κ1) is 20.0. The van der Waals surface area contributed by atoms with Gasteiger partial charge in [0.05, 0.1) is 17.7 Å². The number of halogens is 1. The van der Waals surface area contributed by atoms with Crippen LogP contribution in [-0.4, -0.2) is 23.3 Å². The summed E-state index contributed by atoms with van der Waals surface area (Å²) < 4.78 is 5.23. The fraction of sp³-hybridized carbons (Fsp3) is 0.143. The van der Waals surface area contributed by atoms with Crippen LogP contribution in [0.5, 0.6) is 11.5 Å². The van der Waals surface area contributed by atoms with Gasteiger partial charge in [-0.3, -0.25) is 4.79 Å². The number of thioether (sulfide) groups is 1. The molecule has 0 atom stereocenters. The van der Waals surface area contributed by atoms with Crippen molar-refractivity contribution in [1.29, 1.82) is 0 Å². The quantitative estimate of drug-likeness (QED) is 0.534. The minimum Gasteiger partial charge on any atom is -0.504 e. The molecule has 3 rings (SSSR count). The van der Waals surface area contributed by atoms with E-state index in [4.69, 9.17) is 16.3 Å². The molecular formula is C21H19ClN2O3S. The lowest BCUT2D eigenvalue weighted by molar-refractivity contribution is -0.115. The number of hydrogen-bond donors (Lipinski definition) is 2. The summed E-state index contributed by atoms with van der Waals surface area (Å²) in [6.07, 6.45) is 3.93. The fourth-order valence-electron chi connectivity index (χ4n) is 2.72. The number of amides is 1. The van der Waals surface area contributed by atoms with Crippen LogP contribution in [0.15, 0.2) is 52.9 Å². The van der Waals surface area contributed by atoms with Crippen LogP contribution in [0, 0.1) is 6.92 Å². The minimum atomic E-state index is -0.229. The molecular weight excluding hydrogens is 396 g/mol. The summed E-state index contributed by atoms with van der Waals surface area (Å²) in [7, 11) is 1.49. The molecule has 7 heteroatoms. The second kappa shape index (κ2) is 8.54. The molecule has 1 aliphatic heterocycles. The number of carbonyl (C=O) groups excluding carboxylic acids is 1. The van der Waals surface area contributed by atoms with Gasteiger partial charge in [0.25, 0.3) is 5.91 Å². The van der Waals surface area contributed by atoms with Gasteiger partial charge in [-0.2, -0.15) is 0 Å². The third-order valence-corrected chi connectivity index (χ3v) is 5.23. The zero-order chi connectivity index (χ0) is 20.3. The van der Waals surface area contributed by atoms with Crippen LogP contribution < -0.4 is 10.1 Å². The number of nitrogens with one attached hydrogen (secondary N) is 1. The predicted octanol–water partition coefficient (Wildman–Crippen LogP) is 4.98. The molecule has 2 N–H and O–H groups in total. The first-order valence-electron chi connectivity index (χ1n) is 8.47. The molecule has 5 nitrogen and oxygen atoms in total. The number of aliphatic imine (C=N–C) groups is 1. The summed E-state index contributed by atoms with van der Waals surface area (Å²) in [4.78, 5) is 17.4. The second-order valence-corrected chi connectivity index (χ2v) is 7.60. The molecule has 1 heterocycles. The van der Waals surface area contributed by atoms with Crippen molar-refractivity contribution in [2.24, 2.45) is 4.99 Å². The van der Waals surface area contributed by atoms with Gasteiger partial charge in [0.15, 0.2) is 16.7 Å². The average Bonchev–Trinajstić information content (AvgIpc) is 2.99. The van der Waals surface area contributed by atoms with Gasteiger partial charge in [0, 0.05) is 10.6 Å². The Kier molecular flexibility index (Phi) is 6.11. The number of rotatable bonds is 5. The molecule has 0 aliphatic carbocycles. The number of hydrogen-bond acceptors (Lipinski definition) is 5. The minimum absolute atomic E-state index is 0.0774. The molecule has 1 amide bonds. The highest BCUT2D eigenvalue weighted by Crippen LogP contribution is 2.35. The maximum Gasteiger partial charge on any atom is 0.264 e. The monoisotopic (exact) mass is 414 g/mol. The van der Waals surface area contributed by atoms with Crippen LogP contribution in [0.3, 0.4) is 0 Å². The van der Waals surface area contributed by atoms with Crippen molar-refractivity contribution >= 4 is 46.2 Å². The number of carbonyl (C=O) groups is 1. The number of amidine groups is 1. The molecule has 0 radical (unpaired) electrons. The molecule has 0 unspecified atom stereocenters. The summed E-state index contributed by atoms with van der Waals surface area (Å²) in [6, 6.07) is 8.88. The van der Waals surface area contributed by atoms with E-state index in [1.54, 1.807) is 30.4 Å². The molecule has 0 bridgehead atoms. The number of nitrogens with zero attached hydrogens (tertiary/aromatic N) is 1. The highest BCUT2D eigenvalue weighted by atomic mass is 35.5. The summed E-state index contributed by atoms with van der Waals surface area (Å²) in [6.45, 7) is 5.61. The van der Waals surface area contributed by atoms with Crippen LogP contribution in [0.4, 0.5) is 5.69 Å². The van der Waals surface area contributed by atoms with Crippen molar-refractivity contribution in [1.82, 2.24) is 5.32 Å². The Morgan fingerprint density at radius 1 is 1.36 bits per heavy atom. The molecule has 2 aromatic carbocycles. The van der Waals surface area contributed by atoms with E-state index in [1.165, 1.54) is 18.9 Å². The zero-order valence-electron chi connectivity index (χ0n) is 15.5. The summed E-state index contributed by atoms with van der Waals surface area (Å²) in [5, 5.41) is 14.1. The standard InChI is InChI=1S/C21H19ClN2O3S/c1-4-5-14-9-13(10-17(27-3)19(14)25)11-18-20(26)24-21(28-18)23-16-7-6-15(22)8-12(16)2/h4,6-11,25H,1,5H2,2-3H3,(H,23,24,26)/b18-11-. The Morgan fingerprint density at radius 2 is 2.14 bits per heavy atom. The maximum atomic E-state index is 12.4. The average molecular weight is 415 g/mol. The van der Waals surface area contributed by atoms with E-state index in [1.807, 2.05) is 19.1 Å². The van der Waals surface area contributed by atoms with Gasteiger partial charge in [-0.15, -0.1) is 6.58 Å². The van der Waals surface area contributed by atoms with Crippen molar-refractivity contribution in [3.63, 3.8) is 0 Å². The number of phenols is 1. The fourth-order valence-corrected chi connectivity index (χ4v) is 3.79. The SMILES string of the molecule is C=CCc1cc(/C=C2\SC(=Nc3ccc(Cl)cc3C)NC2=O)cc(OC)c1O. The third kappa shape index (κ3) is 4.40. The van der Waals surface area contributed by atoms with Gasteiger partial charge in [0.2, 0.25) is 0 Å². The molecule has 144 valence electrons. The number of methoxy groups -OCH3 is 1. The Balaban J connectivity index is 1.91. The van der Waals surface area contributed by atoms with Crippen LogP contribution in [-0.2, 0) is 11.2 Å². The molecule has 2 aromatic rings. The van der Waals surface area contributed by atoms with Crippen LogP contribution in [0.25, 0.3) is 6.08 Å². The number of aromatic hydroxyl groups is 1. The van der Waals surface area contributed by atoms with Crippen LogP contribution in [0.2, 0.25) is 5.02 Å². The number of phenolic OH excluding ortho intramolecular Hbond substituents is 1. The normalized spacial score (nSPS) is 16.5. The molecule has 1 saturated heterocycles. The van der Waals surface area contributed by atoms with Gasteiger partial charge in [-0.1, -0.05) is 17.7 Å². The number of benzene rings is 2. The highest BCUT2D eigenvalue weighted by Gasteiger charge is 2.24. The van der Waals surface area contributed by atoms with Crippen molar-refractivity contribution in [3.05, 3.63) is 69.6 Å². The van der Waals surface area contributed by atoms with E-state index in [0.29, 0.717) is 32.8 Å². The predicted molar refractivity (Wildman–Crippen MR) is 116 cm³/mol. The Labute approximate surface area is 172 Å². The molecule has 1 fully saturated rings. The lowest BCUT2D eigenvalue weighted by atomic mass is 10.1. The second-order valence-electron chi connectivity index (χ2n) is 6.14. The Hall–Kier alpha value is -2.70. The first-order chi connectivity index (χ1) is 13.4. The number of aryl methyl sites for hydroxylation is 1. The summed E-state index contributed by atoms with van der Waals surface area (Å²) >= 11 is 7.23. The van der Waals surface area contributed by atoms with Crippen LogP contribution in [0.1, 0.15) is 16.7 Å². The van der Waals surface area contributed by atoms with E-state index in [0.717, 1.165) is 16.8 Å². The molecule has 0 spiro atoms. The van der Waals surface area contributed by atoms with Crippen molar-refractivity contribution in [2.45, 2.75) is 13.3 Å². The zero-order valence-corrected chi connectivity index (χ0v) is 17.0. The summed E-state index contributed by atoms with van der Waals surface area (Å²) in [5.41, 5.74) is 3.08. The number of allylic oxidation sites excluding steroid dienone is 1. The van der Waals surface area contributed by atoms with Gasteiger partial charge in [-0.05, 0) is 72.6 Å². The van der Waals surface area contributed by atoms with E-state index in [2.05, 4.69) is 16.9 Å². The lowest BCUT2D eigenvalue weighted by Crippen LogP contribution is -2.19. The maximum absolute atomic E-state index is 12.4. The number of ether oxygens (including phenoxy) is 1. The molecule has 28 heavy (non-hydrogen) atoms. The Bertz CT molecular complexity index is 1010. The molecule has 1 aliphatic rings. The van der Waals surface area contributed by atoms with Crippen LogP contribution >= 0.6 is 23.4 Å². The largest absolute Gasteiger partial charge is 0.504 e. The highest BCUT2D eigenvalue weighted by molar-refractivity contribution is 8.18. The van der Waals surface area contributed by atoms with Crippen molar-refractivity contribution in [3.8, 4) is 11.5 Å².